The zero-order valence-corrected chi connectivity index (χ0v) is 21.4. The predicted octanol–water partition coefficient (Wildman–Crippen LogP) is 5.92. The van der Waals surface area contributed by atoms with Crippen molar-refractivity contribution in [2.45, 2.75) is 20.8 Å². The molecule has 8 nitrogen and oxygen atoms in total. The molecule has 5 aromatic rings. The molecule has 0 saturated heterocycles. The number of carbonyl (C=O) groups is 1. The summed E-state index contributed by atoms with van der Waals surface area (Å²) in [5.74, 6) is 0.449. The van der Waals surface area contributed by atoms with Gasteiger partial charge in [0.1, 0.15) is 11.6 Å². The van der Waals surface area contributed by atoms with Crippen LogP contribution >= 0.6 is 0 Å². The maximum atomic E-state index is 12.1. The lowest BCUT2D eigenvalue weighted by atomic mass is 10.0. The summed E-state index contributed by atoms with van der Waals surface area (Å²) in [7, 11) is 3.86. The maximum absolute atomic E-state index is 12.1. The van der Waals surface area contributed by atoms with E-state index in [0.29, 0.717) is 11.5 Å². The first-order chi connectivity index (χ1) is 17.7. The number of carboxylic acid groups (broad SMARTS) is 1. The van der Waals surface area contributed by atoms with Gasteiger partial charge in [-0.1, -0.05) is 36.4 Å². The van der Waals surface area contributed by atoms with Crippen LogP contribution in [0.3, 0.4) is 0 Å². The molecule has 0 aliphatic heterocycles. The predicted molar refractivity (Wildman–Crippen MR) is 147 cm³/mol. The SMILES string of the molecule is Cc1ccccc1-n1nc(C)c(-c2ccc3ncc(N(C)C)nc3c2)c1Nc1c(C)cccc1C(=O)O. The average molecular weight is 493 g/mol. The average Bonchev–Trinajstić information content (AvgIpc) is 3.19. The first-order valence-electron chi connectivity index (χ1n) is 11.9. The van der Waals surface area contributed by atoms with Gasteiger partial charge in [0, 0.05) is 19.7 Å². The minimum absolute atomic E-state index is 0.195. The van der Waals surface area contributed by atoms with Crippen LogP contribution in [-0.4, -0.2) is 44.9 Å². The van der Waals surface area contributed by atoms with E-state index in [0.717, 1.165) is 50.5 Å². The smallest absolute Gasteiger partial charge is 0.337 e. The maximum Gasteiger partial charge on any atom is 0.337 e. The number of fused-ring (bicyclic) bond motifs is 1. The van der Waals surface area contributed by atoms with E-state index in [2.05, 4.69) is 10.3 Å². The number of hydrogen-bond acceptors (Lipinski definition) is 6. The molecule has 0 spiro atoms. The molecule has 0 aliphatic carbocycles. The summed E-state index contributed by atoms with van der Waals surface area (Å²) in [6.45, 7) is 5.88. The third kappa shape index (κ3) is 4.38. The molecule has 0 amide bonds. The van der Waals surface area contributed by atoms with Crippen molar-refractivity contribution < 1.29 is 9.90 Å². The van der Waals surface area contributed by atoms with Gasteiger partial charge in [-0.05, 0) is 61.7 Å². The van der Waals surface area contributed by atoms with E-state index < -0.39 is 5.97 Å². The molecular formula is C29H28N6O2. The van der Waals surface area contributed by atoms with Crippen LogP contribution in [0.1, 0.15) is 27.2 Å². The van der Waals surface area contributed by atoms with Crippen LogP contribution in [0.15, 0.2) is 66.9 Å². The Bertz CT molecular complexity index is 1650. The van der Waals surface area contributed by atoms with E-state index in [4.69, 9.17) is 10.1 Å². The molecule has 8 heteroatoms. The quantitative estimate of drug-likeness (QED) is 0.304. The molecule has 2 heterocycles. The molecule has 0 saturated carbocycles. The number of hydrogen-bond donors (Lipinski definition) is 2. The number of nitrogens with one attached hydrogen (secondary N) is 1. The molecule has 0 aliphatic rings. The van der Waals surface area contributed by atoms with E-state index in [1.165, 1.54) is 0 Å². The molecule has 3 aromatic carbocycles. The summed E-state index contributed by atoms with van der Waals surface area (Å²) in [6, 6.07) is 19.2. The second-order valence-corrected chi connectivity index (χ2v) is 9.26. The monoisotopic (exact) mass is 492 g/mol. The Hall–Kier alpha value is -4.72. The van der Waals surface area contributed by atoms with Crippen LogP contribution in [0.5, 0.6) is 0 Å². The van der Waals surface area contributed by atoms with Crippen LogP contribution in [0.25, 0.3) is 27.8 Å². The number of aromatic nitrogens is 4. The fourth-order valence-electron chi connectivity index (χ4n) is 4.47. The molecule has 0 bridgehead atoms. The van der Waals surface area contributed by atoms with Crippen molar-refractivity contribution in [3.8, 4) is 16.8 Å². The molecule has 0 atom stereocenters. The minimum Gasteiger partial charge on any atom is -0.478 e. The third-order valence-electron chi connectivity index (χ3n) is 6.43. The molecule has 0 radical (unpaired) electrons. The first kappa shape index (κ1) is 24.0. The van der Waals surface area contributed by atoms with E-state index in [-0.39, 0.29) is 5.56 Å². The standard InChI is InChI=1S/C29H28N6O2/c1-17-9-6-7-12-24(17)35-28(32-27-18(2)10-8-11-21(27)29(36)37)26(19(3)33-35)20-13-14-22-23(15-20)31-25(16-30-22)34(4)5/h6-16,32H,1-5H3,(H,36,37). The largest absolute Gasteiger partial charge is 0.478 e. The van der Waals surface area contributed by atoms with Crippen molar-refractivity contribution >= 4 is 34.3 Å². The number of rotatable bonds is 6. The Labute approximate surface area is 215 Å². The number of para-hydroxylation sites is 2. The fraction of sp³-hybridized carbons (Fsp3) is 0.172. The van der Waals surface area contributed by atoms with Crippen LogP contribution in [0.2, 0.25) is 0 Å². The molecule has 37 heavy (non-hydrogen) atoms. The zero-order chi connectivity index (χ0) is 26.3. The van der Waals surface area contributed by atoms with Crippen molar-refractivity contribution in [2.75, 3.05) is 24.3 Å². The second-order valence-electron chi connectivity index (χ2n) is 9.26. The highest BCUT2D eigenvalue weighted by Gasteiger charge is 2.22. The summed E-state index contributed by atoms with van der Waals surface area (Å²) in [5.41, 5.74) is 7.61. The Kier molecular flexibility index (Phi) is 6.09. The Balaban J connectivity index is 1.77. The van der Waals surface area contributed by atoms with Crippen molar-refractivity contribution in [1.29, 1.82) is 0 Å². The van der Waals surface area contributed by atoms with Gasteiger partial charge in [-0.15, -0.1) is 0 Å². The summed E-state index contributed by atoms with van der Waals surface area (Å²) in [6.07, 6.45) is 1.75. The Morgan fingerprint density at radius 1 is 0.946 bits per heavy atom. The number of anilines is 3. The number of aromatic carboxylic acids is 1. The molecule has 2 aromatic heterocycles. The first-order valence-corrected chi connectivity index (χ1v) is 11.9. The summed E-state index contributed by atoms with van der Waals surface area (Å²) in [4.78, 5) is 23.3. The molecule has 2 N–H and O–H groups in total. The zero-order valence-electron chi connectivity index (χ0n) is 21.4. The summed E-state index contributed by atoms with van der Waals surface area (Å²) in [5, 5.41) is 18.3. The Morgan fingerprint density at radius 3 is 2.43 bits per heavy atom. The molecule has 0 fully saturated rings. The van der Waals surface area contributed by atoms with Gasteiger partial charge in [0.05, 0.1) is 39.9 Å². The number of benzene rings is 3. The topological polar surface area (TPSA) is 96.2 Å². The highest BCUT2D eigenvalue weighted by atomic mass is 16.4. The van der Waals surface area contributed by atoms with Gasteiger partial charge in [0.2, 0.25) is 0 Å². The lowest BCUT2D eigenvalue weighted by molar-refractivity contribution is 0.0698. The van der Waals surface area contributed by atoms with Crippen LogP contribution in [0.4, 0.5) is 17.3 Å². The number of nitrogens with zero attached hydrogens (tertiary/aromatic N) is 5. The van der Waals surface area contributed by atoms with E-state index in [1.807, 2.05) is 93.0 Å². The second kappa shape index (κ2) is 9.39. The van der Waals surface area contributed by atoms with E-state index >= 15 is 0 Å². The van der Waals surface area contributed by atoms with Gasteiger partial charge >= 0.3 is 5.97 Å². The highest BCUT2D eigenvalue weighted by Crippen LogP contribution is 2.38. The van der Waals surface area contributed by atoms with Crippen LogP contribution in [0, 0.1) is 20.8 Å². The highest BCUT2D eigenvalue weighted by molar-refractivity contribution is 5.97. The number of aryl methyl sites for hydroxylation is 3. The molecule has 0 unspecified atom stereocenters. The van der Waals surface area contributed by atoms with Gasteiger partial charge in [0.25, 0.3) is 0 Å². The van der Waals surface area contributed by atoms with Crippen molar-refractivity contribution in [2.24, 2.45) is 0 Å². The molecular weight excluding hydrogens is 464 g/mol. The van der Waals surface area contributed by atoms with Crippen LogP contribution in [-0.2, 0) is 0 Å². The van der Waals surface area contributed by atoms with Gasteiger partial charge < -0.3 is 15.3 Å². The Morgan fingerprint density at radius 2 is 1.70 bits per heavy atom. The lowest BCUT2D eigenvalue weighted by Crippen LogP contribution is -2.11. The fourth-order valence-corrected chi connectivity index (χ4v) is 4.47. The molecule has 5 rings (SSSR count). The van der Waals surface area contributed by atoms with Crippen molar-refractivity contribution in [3.63, 3.8) is 0 Å². The third-order valence-corrected chi connectivity index (χ3v) is 6.43. The van der Waals surface area contributed by atoms with E-state index in [9.17, 15) is 9.90 Å². The van der Waals surface area contributed by atoms with Crippen molar-refractivity contribution in [1.82, 2.24) is 19.7 Å². The number of carboxylic acids is 1. The summed E-state index contributed by atoms with van der Waals surface area (Å²) < 4.78 is 1.85. The van der Waals surface area contributed by atoms with Gasteiger partial charge in [0.15, 0.2) is 0 Å². The lowest BCUT2D eigenvalue weighted by Gasteiger charge is -2.17. The van der Waals surface area contributed by atoms with E-state index in [1.54, 1.807) is 18.3 Å². The van der Waals surface area contributed by atoms with Crippen molar-refractivity contribution in [3.05, 3.63) is 89.2 Å². The molecule has 186 valence electrons. The normalized spacial score (nSPS) is 11.1. The van der Waals surface area contributed by atoms with Crippen LogP contribution < -0.4 is 10.2 Å². The van der Waals surface area contributed by atoms with Gasteiger partial charge in [-0.2, -0.15) is 5.10 Å². The van der Waals surface area contributed by atoms with Gasteiger partial charge in [-0.25, -0.2) is 14.5 Å². The van der Waals surface area contributed by atoms with Gasteiger partial charge in [-0.3, -0.25) is 4.98 Å². The minimum atomic E-state index is -0.997. The summed E-state index contributed by atoms with van der Waals surface area (Å²) >= 11 is 0.